The van der Waals surface area contributed by atoms with Gasteiger partial charge in [0, 0.05) is 18.0 Å². The first-order valence-electron chi connectivity index (χ1n) is 5.32. The monoisotopic (exact) mass is 203 g/mol. The van der Waals surface area contributed by atoms with Crippen LogP contribution in [0.2, 0.25) is 0 Å². The van der Waals surface area contributed by atoms with Crippen LogP contribution >= 0.6 is 0 Å². The lowest BCUT2D eigenvalue weighted by Crippen LogP contribution is -1.97. The van der Waals surface area contributed by atoms with Crippen LogP contribution in [0.15, 0.2) is 30.1 Å². The van der Waals surface area contributed by atoms with Crippen LogP contribution in [0.25, 0.3) is 0 Å². The lowest BCUT2D eigenvalue weighted by Gasteiger charge is -2.00. The van der Waals surface area contributed by atoms with E-state index < -0.39 is 0 Å². The van der Waals surface area contributed by atoms with Crippen molar-refractivity contribution in [1.29, 1.82) is 0 Å². The summed E-state index contributed by atoms with van der Waals surface area (Å²) in [7, 11) is 0. The molecule has 0 bridgehead atoms. The van der Waals surface area contributed by atoms with E-state index in [9.17, 15) is 4.79 Å². The summed E-state index contributed by atoms with van der Waals surface area (Å²) in [6.07, 6.45) is 6.97. The number of carbonyl (C=O) groups excluding carboxylic acids is 1. The van der Waals surface area contributed by atoms with Crippen LogP contribution in [0.1, 0.15) is 42.6 Å². The van der Waals surface area contributed by atoms with E-state index in [1.165, 1.54) is 5.57 Å². The molecule has 0 spiro atoms. The third-order valence-electron chi connectivity index (χ3n) is 2.40. The Morgan fingerprint density at radius 2 is 2.00 bits per heavy atom. The number of hydrogen-bond donors (Lipinski definition) is 0. The van der Waals surface area contributed by atoms with Crippen molar-refractivity contribution in [1.82, 2.24) is 4.98 Å². The Morgan fingerprint density at radius 1 is 1.33 bits per heavy atom. The zero-order valence-electron chi connectivity index (χ0n) is 9.58. The first kappa shape index (κ1) is 11.6. The number of allylic oxidation sites excluding steroid dienone is 2. The SMILES string of the molecule is CCC(=CC(=O)c1cncc(C)c1)CC. The molecular formula is C13H17NO. The molecule has 1 aromatic rings. The average molecular weight is 203 g/mol. The van der Waals surface area contributed by atoms with E-state index in [2.05, 4.69) is 18.8 Å². The van der Waals surface area contributed by atoms with Crippen LogP contribution in [0.3, 0.4) is 0 Å². The molecule has 0 aliphatic rings. The van der Waals surface area contributed by atoms with E-state index in [1.54, 1.807) is 18.5 Å². The second kappa shape index (κ2) is 5.44. The van der Waals surface area contributed by atoms with E-state index >= 15 is 0 Å². The van der Waals surface area contributed by atoms with Crippen molar-refractivity contribution in [2.75, 3.05) is 0 Å². The third-order valence-corrected chi connectivity index (χ3v) is 2.40. The normalized spacial score (nSPS) is 9.80. The van der Waals surface area contributed by atoms with Gasteiger partial charge in [-0.2, -0.15) is 0 Å². The van der Waals surface area contributed by atoms with Crippen molar-refractivity contribution in [3.63, 3.8) is 0 Å². The summed E-state index contributed by atoms with van der Waals surface area (Å²) in [6.45, 7) is 6.07. The van der Waals surface area contributed by atoms with Crippen molar-refractivity contribution < 1.29 is 4.79 Å². The molecule has 1 rings (SSSR count). The largest absolute Gasteiger partial charge is 0.289 e. The van der Waals surface area contributed by atoms with Gasteiger partial charge in [0.05, 0.1) is 0 Å². The number of pyridine rings is 1. The Labute approximate surface area is 91.0 Å². The van der Waals surface area contributed by atoms with E-state index in [0.717, 1.165) is 18.4 Å². The second-order valence-electron chi connectivity index (χ2n) is 3.62. The van der Waals surface area contributed by atoms with Crippen LogP contribution in [-0.2, 0) is 0 Å². The van der Waals surface area contributed by atoms with E-state index in [-0.39, 0.29) is 5.78 Å². The van der Waals surface area contributed by atoms with Crippen molar-refractivity contribution in [3.05, 3.63) is 41.2 Å². The molecule has 0 aromatic carbocycles. The Bertz CT molecular complexity index is 374. The summed E-state index contributed by atoms with van der Waals surface area (Å²) in [5, 5.41) is 0. The second-order valence-corrected chi connectivity index (χ2v) is 3.62. The molecule has 0 saturated heterocycles. The average Bonchev–Trinajstić information content (AvgIpc) is 2.25. The summed E-state index contributed by atoms with van der Waals surface area (Å²) < 4.78 is 0. The van der Waals surface area contributed by atoms with Crippen molar-refractivity contribution >= 4 is 5.78 Å². The Balaban J connectivity index is 2.90. The highest BCUT2D eigenvalue weighted by Crippen LogP contribution is 2.09. The fraction of sp³-hybridized carbons (Fsp3) is 0.385. The number of ketones is 1. The summed E-state index contributed by atoms with van der Waals surface area (Å²) in [5.74, 6) is 0.0601. The van der Waals surface area contributed by atoms with E-state index in [0.29, 0.717) is 5.56 Å². The fourth-order valence-electron chi connectivity index (χ4n) is 1.41. The van der Waals surface area contributed by atoms with Gasteiger partial charge in [-0.1, -0.05) is 19.4 Å². The summed E-state index contributed by atoms with van der Waals surface area (Å²) in [4.78, 5) is 15.8. The minimum absolute atomic E-state index is 0.0601. The molecule has 2 heteroatoms. The van der Waals surface area contributed by atoms with Gasteiger partial charge >= 0.3 is 0 Å². The molecule has 0 radical (unpaired) electrons. The molecule has 0 unspecified atom stereocenters. The van der Waals surface area contributed by atoms with Gasteiger partial charge < -0.3 is 0 Å². The first-order chi connectivity index (χ1) is 7.17. The van der Waals surface area contributed by atoms with E-state index in [4.69, 9.17) is 0 Å². The van der Waals surface area contributed by atoms with E-state index in [1.807, 2.05) is 13.0 Å². The molecule has 0 N–H and O–H groups in total. The highest BCUT2D eigenvalue weighted by Gasteiger charge is 2.03. The predicted molar refractivity (Wildman–Crippen MR) is 62.0 cm³/mol. The third kappa shape index (κ3) is 3.31. The van der Waals surface area contributed by atoms with Crippen LogP contribution in [0.5, 0.6) is 0 Å². The van der Waals surface area contributed by atoms with Crippen LogP contribution in [0.4, 0.5) is 0 Å². The minimum Gasteiger partial charge on any atom is -0.289 e. The van der Waals surface area contributed by atoms with Crippen LogP contribution in [-0.4, -0.2) is 10.8 Å². The van der Waals surface area contributed by atoms with Crippen molar-refractivity contribution in [3.8, 4) is 0 Å². The molecule has 15 heavy (non-hydrogen) atoms. The van der Waals surface area contributed by atoms with Crippen molar-refractivity contribution in [2.24, 2.45) is 0 Å². The van der Waals surface area contributed by atoms with Gasteiger partial charge in [-0.15, -0.1) is 0 Å². The van der Waals surface area contributed by atoms with Gasteiger partial charge in [-0.05, 0) is 37.5 Å². The summed E-state index contributed by atoms with van der Waals surface area (Å²) in [6, 6.07) is 1.87. The zero-order valence-corrected chi connectivity index (χ0v) is 9.58. The molecule has 0 fully saturated rings. The fourth-order valence-corrected chi connectivity index (χ4v) is 1.41. The lowest BCUT2D eigenvalue weighted by atomic mass is 10.1. The number of carbonyl (C=O) groups is 1. The summed E-state index contributed by atoms with van der Waals surface area (Å²) in [5.41, 5.74) is 2.87. The molecule has 2 nitrogen and oxygen atoms in total. The number of aromatic nitrogens is 1. The smallest absolute Gasteiger partial charge is 0.187 e. The Hall–Kier alpha value is -1.44. The Morgan fingerprint density at radius 3 is 2.53 bits per heavy atom. The van der Waals surface area contributed by atoms with Crippen LogP contribution < -0.4 is 0 Å². The molecule has 1 heterocycles. The topological polar surface area (TPSA) is 30.0 Å². The first-order valence-corrected chi connectivity index (χ1v) is 5.32. The molecule has 80 valence electrons. The van der Waals surface area contributed by atoms with Crippen molar-refractivity contribution in [2.45, 2.75) is 33.6 Å². The number of hydrogen-bond acceptors (Lipinski definition) is 2. The van der Waals surface area contributed by atoms with Gasteiger partial charge in [-0.3, -0.25) is 9.78 Å². The quantitative estimate of drug-likeness (QED) is 0.555. The molecule has 0 saturated carbocycles. The molecule has 0 atom stereocenters. The van der Waals surface area contributed by atoms with Gasteiger partial charge in [0.25, 0.3) is 0 Å². The predicted octanol–water partition coefficient (Wildman–Crippen LogP) is 3.32. The molecule has 0 aliphatic heterocycles. The maximum Gasteiger partial charge on any atom is 0.187 e. The molecule has 1 aromatic heterocycles. The highest BCUT2D eigenvalue weighted by atomic mass is 16.1. The lowest BCUT2D eigenvalue weighted by molar-refractivity contribution is 0.104. The molecule has 0 aliphatic carbocycles. The Kier molecular flexibility index (Phi) is 4.22. The van der Waals surface area contributed by atoms with Gasteiger partial charge in [0.1, 0.15) is 0 Å². The standard InChI is InChI=1S/C13H17NO/c1-4-11(5-2)7-13(15)12-6-10(3)8-14-9-12/h6-9H,4-5H2,1-3H3. The van der Waals surface area contributed by atoms with Crippen LogP contribution in [0, 0.1) is 6.92 Å². The number of rotatable bonds is 4. The number of nitrogens with zero attached hydrogens (tertiary/aromatic N) is 1. The maximum absolute atomic E-state index is 11.8. The van der Waals surface area contributed by atoms with Gasteiger partial charge in [0.15, 0.2) is 5.78 Å². The van der Waals surface area contributed by atoms with Gasteiger partial charge in [0.2, 0.25) is 0 Å². The highest BCUT2D eigenvalue weighted by molar-refractivity contribution is 6.04. The molecule has 0 amide bonds. The number of aryl methyl sites for hydroxylation is 1. The summed E-state index contributed by atoms with van der Waals surface area (Å²) >= 11 is 0. The van der Waals surface area contributed by atoms with Gasteiger partial charge in [-0.25, -0.2) is 0 Å². The zero-order chi connectivity index (χ0) is 11.3. The maximum atomic E-state index is 11.8. The minimum atomic E-state index is 0.0601. The molecular weight excluding hydrogens is 186 g/mol.